The van der Waals surface area contributed by atoms with Crippen LogP contribution in [-0.2, 0) is 4.79 Å². The van der Waals surface area contributed by atoms with E-state index in [0.29, 0.717) is 0 Å². The molecule has 0 saturated heterocycles. The Bertz CT molecular complexity index is 496. The fourth-order valence-electron chi connectivity index (χ4n) is 1.16. The molecule has 0 spiro atoms. The van der Waals surface area contributed by atoms with Crippen LogP contribution in [0.15, 0.2) is 23.1 Å². The van der Waals surface area contributed by atoms with E-state index >= 15 is 0 Å². The van der Waals surface area contributed by atoms with Crippen LogP contribution in [0.3, 0.4) is 0 Å². The molecule has 0 atom stereocenters. The SMILES string of the molecule is CSc1ccc(NC(=O)CC#N)c([N+](=O)[O-])c1. The molecule has 1 rings (SSSR count). The summed E-state index contributed by atoms with van der Waals surface area (Å²) in [5.41, 5.74) is -0.0730. The summed E-state index contributed by atoms with van der Waals surface area (Å²) in [6, 6.07) is 6.18. The highest BCUT2D eigenvalue weighted by Gasteiger charge is 2.16. The lowest BCUT2D eigenvalue weighted by molar-refractivity contribution is -0.384. The van der Waals surface area contributed by atoms with E-state index in [9.17, 15) is 14.9 Å². The smallest absolute Gasteiger partial charge is 0.293 e. The summed E-state index contributed by atoms with van der Waals surface area (Å²) in [5.74, 6) is -0.562. The van der Waals surface area contributed by atoms with E-state index < -0.39 is 10.8 Å². The monoisotopic (exact) mass is 251 g/mol. The Balaban J connectivity index is 3.03. The van der Waals surface area contributed by atoms with Gasteiger partial charge in [0.1, 0.15) is 12.1 Å². The molecular weight excluding hydrogens is 242 g/mol. The number of hydrogen-bond acceptors (Lipinski definition) is 5. The molecule has 1 N–H and O–H groups in total. The zero-order valence-corrected chi connectivity index (χ0v) is 9.78. The largest absolute Gasteiger partial charge is 0.319 e. The molecule has 1 aromatic carbocycles. The predicted octanol–water partition coefficient (Wildman–Crippen LogP) is 2.17. The van der Waals surface area contributed by atoms with Crippen molar-refractivity contribution < 1.29 is 9.72 Å². The van der Waals surface area contributed by atoms with Crippen molar-refractivity contribution in [1.82, 2.24) is 0 Å². The molecule has 0 aromatic heterocycles. The quantitative estimate of drug-likeness (QED) is 0.502. The lowest BCUT2D eigenvalue weighted by Gasteiger charge is -2.05. The number of nitro groups is 1. The summed E-state index contributed by atoms with van der Waals surface area (Å²) in [7, 11) is 0. The Labute approximate surface area is 102 Å². The molecule has 6 nitrogen and oxygen atoms in total. The summed E-state index contributed by atoms with van der Waals surface area (Å²) in [6.07, 6.45) is 1.47. The van der Waals surface area contributed by atoms with Crippen molar-refractivity contribution in [1.29, 1.82) is 5.26 Å². The van der Waals surface area contributed by atoms with Gasteiger partial charge in [-0.25, -0.2) is 0 Å². The van der Waals surface area contributed by atoms with Crippen LogP contribution < -0.4 is 5.32 Å². The first kappa shape index (κ1) is 13.0. The molecule has 0 aliphatic rings. The van der Waals surface area contributed by atoms with Crippen LogP contribution >= 0.6 is 11.8 Å². The van der Waals surface area contributed by atoms with Crippen LogP contribution in [0.1, 0.15) is 6.42 Å². The number of nitrogens with zero attached hydrogens (tertiary/aromatic N) is 2. The van der Waals surface area contributed by atoms with Crippen molar-refractivity contribution in [2.24, 2.45) is 0 Å². The number of anilines is 1. The van der Waals surface area contributed by atoms with Crippen molar-refractivity contribution in [3.8, 4) is 6.07 Å². The van der Waals surface area contributed by atoms with Crippen molar-refractivity contribution >= 4 is 29.0 Å². The average Bonchev–Trinajstić information content (AvgIpc) is 2.29. The lowest BCUT2D eigenvalue weighted by Crippen LogP contribution is -2.11. The number of benzene rings is 1. The molecule has 0 fully saturated rings. The summed E-state index contributed by atoms with van der Waals surface area (Å²) < 4.78 is 0. The third-order valence-electron chi connectivity index (χ3n) is 1.92. The van der Waals surface area contributed by atoms with Crippen LogP contribution in [0.4, 0.5) is 11.4 Å². The Morgan fingerprint density at radius 2 is 2.35 bits per heavy atom. The minimum Gasteiger partial charge on any atom is -0.319 e. The van der Waals surface area contributed by atoms with E-state index in [2.05, 4.69) is 5.32 Å². The minimum atomic E-state index is -0.568. The first-order valence-electron chi connectivity index (χ1n) is 4.57. The Hall–Kier alpha value is -2.07. The highest BCUT2D eigenvalue weighted by atomic mass is 32.2. The van der Waals surface area contributed by atoms with Gasteiger partial charge in [-0.2, -0.15) is 5.26 Å². The first-order chi connectivity index (χ1) is 8.08. The molecule has 0 heterocycles. The fourth-order valence-corrected chi connectivity index (χ4v) is 1.59. The zero-order valence-electron chi connectivity index (χ0n) is 8.97. The number of rotatable bonds is 4. The number of carbonyl (C=O) groups excluding carboxylic acids is 1. The van der Waals surface area contributed by atoms with Gasteiger partial charge in [0.05, 0.1) is 11.0 Å². The fraction of sp³-hybridized carbons (Fsp3) is 0.200. The van der Waals surface area contributed by atoms with E-state index in [4.69, 9.17) is 5.26 Å². The molecule has 0 saturated carbocycles. The van der Waals surface area contributed by atoms with Gasteiger partial charge in [-0.3, -0.25) is 14.9 Å². The maximum atomic E-state index is 11.2. The highest BCUT2D eigenvalue weighted by molar-refractivity contribution is 7.98. The highest BCUT2D eigenvalue weighted by Crippen LogP contribution is 2.29. The van der Waals surface area contributed by atoms with Crippen LogP contribution in [-0.4, -0.2) is 17.1 Å². The van der Waals surface area contributed by atoms with Gasteiger partial charge in [0, 0.05) is 11.0 Å². The Morgan fingerprint density at radius 3 is 2.88 bits per heavy atom. The molecule has 0 unspecified atom stereocenters. The Kier molecular flexibility index (Phi) is 4.48. The van der Waals surface area contributed by atoms with E-state index in [1.54, 1.807) is 18.4 Å². The minimum absolute atomic E-state index is 0.105. The van der Waals surface area contributed by atoms with Gasteiger partial charge in [0.15, 0.2) is 0 Å². The molecular formula is C10H9N3O3S. The maximum absolute atomic E-state index is 11.2. The van der Waals surface area contributed by atoms with E-state index in [-0.39, 0.29) is 17.8 Å². The van der Waals surface area contributed by atoms with Crippen molar-refractivity contribution in [2.75, 3.05) is 11.6 Å². The summed E-state index contributed by atoms with van der Waals surface area (Å²) >= 11 is 1.37. The van der Waals surface area contributed by atoms with Gasteiger partial charge in [-0.1, -0.05) is 0 Å². The second kappa shape index (κ2) is 5.86. The van der Waals surface area contributed by atoms with Gasteiger partial charge in [0.2, 0.25) is 5.91 Å². The van der Waals surface area contributed by atoms with Gasteiger partial charge >= 0.3 is 0 Å². The summed E-state index contributed by atoms with van der Waals surface area (Å²) in [4.78, 5) is 22.2. The van der Waals surface area contributed by atoms with E-state index in [1.807, 2.05) is 0 Å². The molecule has 7 heteroatoms. The number of thioether (sulfide) groups is 1. The van der Waals surface area contributed by atoms with Crippen molar-refractivity contribution in [2.45, 2.75) is 11.3 Å². The second-order valence-electron chi connectivity index (χ2n) is 3.02. The summed E-state index contributed by atoms with van der Waals surface area (Å²) in [5, 5.41) is 21.5. The molecule has 0 aliphatic carbocycles. The predicted molar refractivity (Wildman–Crippen MR) is 63.7 cm³/mol. The number of amides is 1. The number of nitrogens with one attached hydrogen (secondary N) is 1. The topological polar surface area (TPSA) is 96.0 Å². The summed E-state index contributed by atoms with van der Waals surface area (Å²) in [6.45, 7) is 0. The third-order valence-corrected chi connectivity index (χ3v) is 2.64. The molecule has 17 heavy (non-hydrogen) atoms. The van der Waals surface area contributed by atoms with Crippen molar-refractivity contribution in [3.05, 3.63) is 28.3 Å². The molecule has 1 aromatic rings. The molecule has 0 bridgehead atoms. The van der Waals surface area contributed by atoms with E-state index in [0.717, 1.165) is 4.90 Å². The number of nitriles is 1. The van der Waals surface area contributed by atoms with Crippen LogP contribution in [0.25, 0.3) is 0 Å². The number of carbonyl (C=O) groups is 1. The van der Waals surface area contributed by atoms with Gasteiger partial charge in [-0.15, -0.1) is 11.8 Å². The normalized spacial score (nSPS) is 9.41. The molecule has 88 valence electrons. The van der Waals surface area contributed by atoms with Crippen LogP contribution in [0.5, 0.6) is 0 Å². The standard InChI is InChI=1S/C10H9N3O3S/c1-17-7-2-3-8(9(6-7)13(15)16)12-10(14)4-5-11/h2-3,6H,4H2,1H3,(H,12,14). The van der Waals surface area contributed by atoms with Crippen LogP contribution in [0.2, 0.25) is 0 Å². The first-order valence-corrected chi connectivity index (χ1v) is 5.80. The number of hydrogen-bond donors (Lipinski definition) is 1. The zero-order chi connectivity index (χ0) is 12.8. The lowest BCUT2D eigenvalue weighted by atomic mass is 10.2. The molecule has 1 amide bonds. The Morgan fingerprint density at radius 1 is 1.65 bits per heavy atom. The second-order valence-corrected chi connectivity index (χ2v) is 3.90. The van der Waals surface area contributed by atoms with E-state index in [1.165, 1.54) is 23.9 Å². The van der Waals surface area contributed by atoms with Gasteiger partial charge < -0.3 is 5.32 Å². The van der Waals surface area contributed by atoms with Crippen LogP contribution in [0, 0.1) is 21.4 Å². The number of nitro benzene ring substituents is 1. The molecule has 0 radical (unpaired) electrons. The van der Waals surface area contributed by atoms with Crippen molar-refractivity contribution in [3.63, 3.8) is 0 Å². The maximum Gasteiger partial charge on any atom is 0.293 e. The van der Waals surface area contributed by atoms with Gasteiger partial charge in [-0.05, 0) is 18.4 Å². The molecule has 0 aliphatic heterocycles. The van der Waals surface area contributed by atoms with Gasteiger partial charge in [0.25, 0.3) is 5.69 Å². The third kappa shape index (κ3) is 3.46. The average molecular weight is 251 g/mol.